The summed E-state index contributed by atoms with van der Waals surface area (Å²) < 4.78 is 4.99. The van der Waals surface area contributed by atoms with Crippen LogP contribution in [0.4, 0.5) is 0 Å². The smallest absolute Gasteiger partial charge is 0.274 e. The Morgan fingerprint density at radius 3 is 2.87 bits per heavy atom. The molecule has 1 atom stereocenters. The predicted molar refractivity (Wildman–Crippen MR) is 80.3 cm³/mol. The number of nitrogens with zero attached hydrogens (tertiary/aromatic N) is 2. The van der Waals surface area contributed by atoms with Gasteiger partial charge in [0.15, 0.2) is 5.69 Å². The molecule has 0 aromatic carbocycles. The monoisotopic (exact) mass is 317 g/mol. The number of hydrogen-bond acceptors (Lipinski definition) is 6. The molecular formula is C16H19N3O4. The van der Waals surface area contributed by atoms with Crippen LogP contribution in [0, 0.1) is 12.8 Å². The molecule has 3 rings (SSSR count). The van der Waals surface area contributed by atoms with E-state index in [-0.39, 0.29) is 30.4 Å². The molecule has 122 valence electrons. The second-order valence-electron chi connectivity index (χ2n) is 5.82. The van der Waals surface area contributed by atoms with Gasteiger partial charge in [0.1, 0.15) is 5.76 Å². The molecular weight excluding hydrogens is 298 g/mol. The summed E-state index contributed by atoms with van der Waals surface area (Å²) in [5.74, 6) is 0.128. The van der Waals surface area contributed by atoms with Crippen LogP contribution < -0.4 is 5.32 Å². The maximum absolute atomic E-state index is 12.5. The maximum atomic E-state index is 12.5. The number of nitrogens with one attached hydrogen (secondary N) is 1. The molecule has 2 aromatic heterocycles. The molecule has 0 aliphatic heterocycles. The molecule has 7 nitrogen and oxygen atoms in total. The number of aliphatic hydroxyl groups excluding tert-OH is 2. The Balaban J connectivity index is 1.82. The van der Waals surface area contributed by atoms with Gasteiger partial charge >= 0.3 is 0 Å². The van der Waals surface area contributed by atoms with E-state index < -0.39 is 5.91 Å². The summed E-state index contributed by atoms with van der Waals surface area (Å²) in [4.78, 5) is 16.8. The Hall–Kier alpha value is -2.25. The summed E-state index contributed by atoms with van der Waals surface area (Å²) in [6.07, 6.45) is 2.58. The zero-order valence-electron chi connectivity index (χ0n) is 12.8. The van der Waals surface area contributed by atoms with Gasteiger partial charge in [-0.15, -0.1) is 0 Å². The third kappa shape index (κ3) is 3.11. The lowest BCUT2D eigenvalue weighted by Gasteiger charge is -2.37. The van der Waals surface area contributed by atoms with Crippen molar-refractivity contribution in [2.45, 2.75) is 38.5 Å². The highest BCUT2D eigenvalue weighted by Crippen LogP contribution is 2.37. The van der Waals surface area contributed by atoms with Gasteiger partial charge in [-0.3, -0.25) is 9.78 Å². The first-order valence-corrected chi connectivity index (χ1v) is 7.56. The van der Waals surface area contributed by atoms with Crippen molar-refractivity contribution >= 4 is 5.91 Å². The third-order valence-electron chi connectivity index (χ3n) is 4.27. The van der Waals surface area contributed by atoms with Crippen LogP contribution >= 0.6 is 0 Å². The van der Waals surface area contributed by atoms with E-state index in [1.165, 1.54) is 0 Å². The molecule has 2 aromatic rings. The van der Waals surface area contributed by atoms with E-state index in [4.69, 9.17) is 4.52 Å². The minimum Gasteiger partial charge on any atom is -0.393 e. The zero-order chi connectivity index (χ0) is 16.4. The van der Waals surface area contributed by atoms with Crippen molar-refractivity contribution in [1.82, 2.24) is 15.5 Å². The predicted octanol–water partition coefficient (Wildman–Crippen LogP) is 1.11. The molecule has 7 heteroatoms. The molecule has 23 heavy (non-hydrogen) atoms. The van der Waals surface area contributed by atoms with Crippen LogP contribution in [-0.4, -0.2) is 32.4 Å². The molecule has 1 fully saturated rings. The van der Waals surface area contributed by atoms with Crippen LogP contribution in [0.25, 0.3) is 0 Å². The van der Waals surface area contributed by atoms with Gasteiger partial charge in [-0.2, -0.15) is 0 Å². The molecule has 1 aliphatic rings. The lowest BCUT2D eigenvalue weighted by Crippen LogP contribution is -2.42. The summed E-state index contributed by atoms with van der Waals surface area (Å²) in [6, 6.07) is 5.20. The molecule has 2 heterocycles. The zero-order valence-corrected chi connectivity index (χ0v) is 12.8. The number of rotatable bonds is 5. The maximum Gasteiger partial charge on any atom is 0.274 e. The average molecular weight is 317 g/mol. The summed E-state index contributed by atoms with van der Waals surface area (Å²) in [7, 11) is 0. The van der Waals surface area contributed by atoms with Crippen molar-refractivity contribution in [1.29, 1.82) is 0 Å². The van der Waals surface area contributed by atoms with E-state index in [1.807, 2.05) is 18.2 Å². The largest absolute Gasteiger partial charge is 0.393 e. The van der Waals surface area contributed by atoms with Gasteiger partial charge in [-0.05, 0) is 37.8 Å². The Morgan fingerprint density at radius 2 is 2.26 bits per heavy atom. The lowest BCUT2D eigenvalue weighted by atomic mass is 9.76. The van der Waals surface area contributed by atoms with Crippen molar-refractivity contribution < 1.29 is 19.5 Å². The fraction of sp³-hybridized carbons (Fsp3) is 0.438. The van der Waals surface area contributed by atoms with Gasteiger partial charge in [0.2, 0.25) is 0 Å². The second kappa shape index (κ2) is 6.47. The fourth-order valence-electron chi connectivity index (χ4n) is 2.86. The number of hydrogen-bond donors (Lipinski definition) is 3. The summed E-state index contributed by atoms with van der Waals surface area (Å²) >= 11 is 0. The quantitative estimate of drug-likeness (QED) is 0.762. The van der Waals surface area contributed by atoms with Crippen molar-refractivity contribution in [3.05, 3.63) is 47.1 Å². The molecule has 0 radical (unpaired) electrons. The SMILES string of the molecule is Cc1onc(C(=O)NC(c2ccccn2)C2CC(O)C2)c1CO. The van der Waals surface area contributed by atoms with Gasteiger partial charge in [0, 0.05) is 6.20 Å². The molecule has 1 saturated carbocycles. The van der Waals surface area contributed by atoms with Gasteiger partial charge < -0.3 is 20.1 Å². The van der Waals surface area contributed by atoms with E-state index in [9.17, 15) is 15.0 Å². The fourth-order valence-corrected chi connectivity index (χ4v) is 2.86. The number of carbonyl (C=O) groups excluding carboxylic acids is 1. The topological polar surface area (TPSA) is 108 Å². The Morgan fingerprint density at radius 1 is 1.48 bits per heavy atom. The molecule has 1 aliphatic carbocycles. The van der Waals surface area contributed by atoms with Crippen LogP contribution in [0.2, 0.25) is 0 Å². The van der Waals surface area contributed by atoms with Crippen LogP contribution in [-0.2, 0) is 6.61 Å². The van der Waals surface area contributed by atoms with E-state index in [0.29, 0.717) is 24.2 Å². The van der Waals surface area contributed by atoms with Crippen LogP contribution in [0.5, 0.6) is 0 Å². The molecule has 0 bridgehead atoms. The number of aliphatic hydroxyl groups is 2. The first-order chi connectivity index (χ1) is 11.1. The molecule has 0 saturated heterocycles. The van der Waals surface area contributed by atoms with Crippen molar-refractivity contribution in [2.24, 2.45) is 5.92 Å². The third-order valence-corrected chi connectivity index (χ3v) is 4.27. The first kappa shape index (κ1) is 15.6. The first-order valence-electron chi connectivity index (χ1n) is 7.56. The number of pyridine rings is 1. The van der Waals surface area contributed by atoms with Crippen molar-refractivity contribution in [3.8, 4) is 0 Å². The Kier molecular flexibility index (Phi) is 4.40. The van der Waals surface area contributed by atoms with Crippen LogP contribution in [0.3, 0.4) is 0 Å². The van der Waals surface area contributed by atoms with Gasteiger partial charge in [-0.1, -0.05) is 11.2 Å². The number of carbonyl (C=O) groups is 1. The lowest BCUT2D eigenvalue weighted by molar-refractivity contribution is 0.0227. The molecule has 1 amide bonds. The standard InChI is InChI=1S/C16H19N3O4/c1-9-12(8-20)15(19-23-9)16(22)18-14(10-6-11(21)7-10)13-4-2-3-5-17-13/h2-5,10-11,14,20-21H,6-8H2,1H3,(H,18,22). The van der Waals surface area contributed by atoms with Crippen molar-refractivity contribution in [3.63, 3.8) is 0 Å². The molecule has 1 unspecified atom stereocenters. The molecule has 0 spiro atoms. The average Bonchev–Trinajstić information content (AvgIpc) is 2.91. The van der Waals surface area contributed by atoms with E-state index in [1.54, 1.807) is 13.1 Å². The van der Waals surface area contributed by atoms with Crippen LogP contribution in [0.1, 0.15) is 46.4 Å². The van der Waals surface area contributed by atoms with Gasteiger partial charge in [0.05, 0.1) is 30.0 Å². The minimum absolute atomic E-state index is 0.0887. The van der Waals surface area contributed by atoms with Crippen molar-refractivity contribution in [2.75, 3.05) is 0 Å². The molecule has 3 N–H and O–H groups in total. The normalized spacial score (nSPS) is 21.5. The van der Waals surface area contributed by atoms with E-state index in [2.05, 4.69) is 15.5 Å². The minimum atomic E-state index is -0.414. The number of aromatic nitrogens is 2. The number of aryl methyl sites for hydroxylation is 1. The number of amides is 1. The summed E-state index contributed by atoms with van der Waals surface area (Å²) in [5.41, 5.74) is 1.21. The summed E-state index contributed by atoms with van der Waals surface area (Å²) in [6.45, 7) is 1.34. The van der Waals surface area contributed by atoms with E-state index >= 15 is 0 Å². The highest BCUT2D eigenvalue weighted by molar-refractivity contribution is 5.94. The van der Waals surface area contributed by atoms with E-state index in [0.717, 1.165) is 5.69 Å². The van der Waals surface area contributed by atoms with Crippen LogP contribution in [0.15, 0.2) is 28.9 Å². The Labute approximate surface area is 133 Å². The Bertz CT molecular complexity index is 680. The van der Waals surface area contributed by atoms with Gasteiger partial charge in [0.25, 0.3) is 5.91 Å². The highest BCUT2D eigenvalue weighted by atomic mass is 16.5. The van der Waals surface area contributed by atoms with Gasteiger partial charge in [-0.25, -0.2) is 0 Å². The summed E-state index contributed by atoms with van der Waals surface area (Å²) in [5, 5.41) is 25.6. The second-order valence-corrected chi connectivity index (χ2v) is 5.82. The highest BCUT2D eigenvalue weighted by Gasteiger charge is 2.37.